The molecule has 2 saturated heterocycles. The standard InChI is InChI=1S/C15H17N3O/c1-4-19-14-8-16-11(5-10(1)14)7-17-13-9-18-3-2-15(18)6-12(13)15/h1,4-5,8,12-13,17H,2-3,6-7,9H2. The molecule has 5 rings (SSSR count). The first-order valence-corrected chi connectivity index (χ1v) is 7.16. The minimum Gasteiger partial charge on any atom is -0.463 e. The van der Waals surface area contributed by atoms with E-state index in [4.69, 9.17) is 4.42 Å². The number of pyridine rings is 1. The lowest BCUT2D eigenvalue weighted by atomic mass is 10.0. The molecule has 1 N–H and O–H groups in total. The van der Waals surface area contributed by atoms with Crippen molar-refractivity contribution in [2.24, 2.45) is 5.92 Å². The third-order valence-electron chi connectivity index (χ3n) is 5.39. The molecule has 2 aromatic heterocycles. The second-order valence-corrected chi connectivity index (χ2v) is 6.23. The van der Waals surface area contributed by atoms with Gasteiger partial charge in [0.25, 0.3) is 0 Å². The van der Waals surface area contributed by atoms with Crippen LogP contribution in [0.3, 0.4) is 0 Å². The summed E-state index contributed by atoms with van der Waals surface area (Å²) in [5.41, 5.74) is 2.62. The average Bonchev–Trinajstić information content (AvgIpc) is 2.96. The summed E-state index contributed by atoms with van der Waals surface area (Å²) >= 11 is 0. The highest BCUT2D eigenvalue weighted by Gasteiger charge is 2.69. The van der Waals surface area contributed by atoms with Crippen molar-refractivity contribution in [1.82, 2.24) is 15.2 Å². The highest BCUT2D eigenvalue weighted by Crippen LogP contribution is 2.62. The number of fused-ring (bicyclic) bond motifs is 1. The Labute approximate surface area is 111 Å². The van der Waals surface area contributed by atoms with E-state index in [-0.39, 0.29) is 0 Å². The van der Waals surface area contributed by atoms with Crippen LogP contribution in [0.15, 0.2) is 29.0 Å². The molecule has 3 atom stereocenters. The van der Waals surface area contributed by atoms with Crippen molar-refractivity contribution in [1.29, 1.82) is 0 Å². The average molecular weight is 255 g/mol. The Morgan fingerprint density at radius 3 is 3.26 bits per heavy atom. The van der Waals surface area contributed by atoms with Crippen molar-refractivity contribution in [3.05, 3.63) is 30.3 Å². The van der Waals surface area contributed by atoms with Crippen LogP contribution in [0.2, 0.25) is 0 Å². The Hall–Kier alpha value is -1.39. The van der Waals surface area contributed by atoms with Gasteiger partial charge in [-0.05, 0) is 30.9 Å². The Morgan fingerprint density at radius 1 is 1.53 bits per heavy atom. The summed E-state index contributed by atoms with van der Waals surface area (Å²) in [6.07, 6.45) is 6.39. The highest BCUT2D eigenvalue weighted by atomic mass is 16.3. The van der Waals surface area contributed by atoms with Gasteiger partial charge in [0.15, 0.2) is 5.58 Å². The van der Waals surface area contributed by atoms with Gasteiger partial charge in [-0.25, -0.2) is 0 Å². The number of rotatable bonds is 3. The fourth-order valence-corrected chi connectivity index (χ4v) is 4.14. The van der Waals surface area contributed by atoms with Gasteiger partial charge in [-0.15, -0.1) is 0 Å². The van der Waals surface area contributed by atoms with Crippen LogP contribution < -0.4 is 5.32 Å². The molecule has 0 bridgehead atoms. The smallest absolute Gasteiger partial charge is 0.152 e. The summed E-state index contributed by atoms with van der Waals surface area (Å²) in [6, 6.07) is 4.79. The maximum atomic E-state index is 5.32. The van der Waals surface area contributed by atoms with E-state index in [0.717, 1.165) is 29.1 Å². The summed E-state index contributed by atoms with van der Waals surface area (Å²) in [7, 11) is 0. The largest absolute Gasteiger partial charge is 0.463 e. The Morgan fingerprint density at radius 2 is 2.53 bits per heavy atom. The van der Waals surface area contributed by atoms with Gasteiger partial charge in [0.1, 0.15) is 0 Å². The fourth-order valence-electron chi connectivity index (χ4n) is 4.14. The molecule has 4 heteroatoms. The Bertz CT molecular complexity index is 652. The quantitative estimate of drug-likeness (QED) is 0.907. The summed E-state index contributed by atoms with van der Waals surface area (Å²) in [5.74, 6) is 0.902. The van der Waals surface area contributed by atoms with E-state index in [9.17, 15) is 0 Å². The minimum absolute atomic E-state index is 0.638. The molecular formula is C15H17N3O. The van der Waals surface area contributed by atoms with Gasteiger partial charge >= 0.3 is 0 Å². The molecule has 2 aromatic rings. The molecule has 4 nitrogen and oxygen atoms in total. The normalized spacial score (nSPS) is 36.0. The van der Waals surface area contributed by atoms with E-state index in [2.05, 4.69) is 21.3 Å². The lowest BCUT2D eigenvalue weighted by molar-refractivity contribution is 0.0948. The zero-order chi connectivity index (χ0) is 12.4. The zero-order valence-electron chi connectivity index (χ0n) is 10.8. The van der Waals surface area contributed by atoms with Crippen LogP contribution in [0.5, 0.6) is 0 Å². The van der Waals surface area contributed by atoms with E-state index in [1.165, 1.54) is 25.9 Å². The molecule has 3 fully saturated rings. The fraction of sp³-hybridized carbons (Fsp3) is 0.533. The Kier molecular flexibility index (Phi) is 1.85. The molecule has 4 heterocycles. The topological polar surface area (TPSA) is 41.3 Å². The molecule has 1 saturated carbocycles. The van der Waals surface area contributed by atoms with Crippen LogP contribution in [-0.2, 0) is 6.54 Å². The molecule has 19 heavy (non-hydrogen) atoms. The molecule has 0 radical (unpaired) electrons. The van der Waals surface area contributed by atoms with Crippen LogP contribution in [0.25, 0.3) is 11.0 Å². The summed E-state index contributed by atoms with van der Waals surface area (Å²) in [6.45, 7) is 3.42. The van der Waals surface area contributed by atoms with Gasteiger partial charge in [0.05, 0.1) is 18.2 Å². The van der Waals surface area contributed by atoms with Crippen molar-refractivity contribution >= 4 is 11.0 Å². The third-order valence-corrected chi connectivity index (χ3v) is 5.39. The summed E-state index contributed by atoms with van der Waals surface area (Å²) in [4.78, 5) is 7.13. The SMILES string of the molecule is c1cc2cc(CNC3CN4CCC45CC35)ncc2o1. The first kappa shape index (κ1) is 10.4. The first-order valence-electron chi connectivity index (χ1n) is 7.16. The number of nitrogens with zero attached hydrogens (tertiary/aromatic N) is 2. The maximum Gasteiger partial charge on any atom is 0.152 e. The predicted octanol–water partition coefficient (Wildman–Crippen LogP) is 1.76. The monoisotopic (exact) mass is 255 g/mol. The lowest BCUT2D eigenvalue weighted by Crippen LogP contribution is -2.48. The molecule has 3 aliphatic rings. The first-order chi connectivity index (χ1) is 9.35. The van der Waals surface area contributed by atoms with Crippen LogP contribution in [0.4, 0.5) is 0 Å². The van der Waals surface area contributed by atoms with E-state index in [0.29, 0.717) is 11.6 Å². The van der Waals surface area contributed by atoms with Gasteiger partial charge in [-0.3, -0.25) is 9.88 Å². The molecule has 1 spiro atoms. The number of furan rings is 1. The molecule has 0 amide bonds. The van der Waals surface area contributed by atoms with E-state index in [1.807, 2.05) is 12.3 Å². The number of piperidine rings is 1. The van der Waals surface area contributed by atoms with Crippen LogP contribution in [0.1, 0.15) is 18.5 Å². The van der Waals surface area contributed by atoms with Crippen molar-refractivity contribution in [2.45, 2.75) is 31.0 Å². The van der Waals surface area contributed by atoms with Gasteiger partial charge in [-0.2, -0.15) is 0 Å². The van der Waals surface area contributed by atoms with Crippen LogP contribution >= 0.6 is 0 Å². The highest BCUT2D eigenvalue weighted by molar-refractivity contribution is 5.76. The maximum absolute atomic E-state index is 5.32. The van der Waals surface area contributed by atoms with Crippen molar-refractivity contribution < 1.29 is 4.42 Å². The van der Waals surface area contributed by atoms with Crippen LogP contribution in [-0.4, -0.2) is 34.6 Å². The van der Waals surface area contributed by atoms with Crippen LogP contribution in [0, 0.1) is 5.92 Å². The molecule has 1 aliphatic carbocycles. The van der Waals surface area contributed by atoms with E-state index < -0.39 is 0 Å². The van der Waals surface area contributed by atoms with Crippen molar-refractivity contribution in [3.63, 3.8) is 0 Å². The third kappa shape index (κ3) is 1.33. The zero-order valence-corrected chi connectivity index (χ0v) is 10.8. The molecule has 0 aromatic carbocycles. The second-order valence-electron chi connectivity index (χ2n) is 6.23. The second kappa shape index (κ2) is 3.38. The minimum atomic E-state index is 0.638. The molecule has 3 unspecified atom stereocenters. The van der Waals surface area contributed by atoms with Crippen molar-refractivity contribution in [2.75, 3.05) is 13.1 Å². The van der Waals surface area contributed by atoms with Gasteiger partial charge < -0.3 is 9.73 Å². The Balaban J connectivity index is 1.31. The molecular weight excluding hydrogens is 238 g/mol. The van der Waals surface area contributed by atoms with Gasteiger partial charge in [0, 0.05) is 36.6 Å². The van der Waals surface area contributed by atoms with Gasteiger partial charge in [-0.1, -0.05) is 0 Å². The number of nitrogens with one attached hydrogen (secondary N) is 1. The predicted molar refractivity (Wildman–Crippen MR) is 71.7 cm³/mol. The number of hydrogen-bond acceptors (Lipinski definition) is 4. The van der Waals surface area contributed by atoms with Crippen molar-refractivity contribution in [3.8, 4) is 0 Å². The lowest BCUT2D eigenvalue weighted by Gasteiger charge is -2.38. The number of hydrogen-bond donors (Lipinski definition) is 1. The molecule has 98 valence electrons. The summed E-state index contributed by atoms with van der Waals surface area (Å²) < 4.78 is 5.32. The molecule has 2 aliphatic heterocycles. The van der Waals surface area contributed by atoms with E-state index in [1.54, 1.807) is 6.26 Å². The summed E-state index contributed by atoms with van der Waals surface area (Å²) in [5, 5.41) is 4.85. The van der Waals surface area contributed by atoms with Gasteiger partial charge in [0.2, 0.25) is 0 Å². The van der Waals surface area contributed by atoms with E-state index >= 15 is 0 Å². The number of aromatic nitrogens is 1.